The summed E-state index contributed by atoms with van der Waals surface area (Å²) in [6.07, 6.45) is 0. The number of rotatable bonds is 2. The van der Waals surface area contributed by atoms with Crippen LogP contribution in [0, 0.1) is 0 Å². The number of carbonyl (C=O) groups is 1. The molecule has 1 aromatic rings. The molecule has 0 aliphatic heterocycles. The number of ketones is 1. The van der Waals surface area contributed by atoms with Crippen molar-refractivity contribution >= 4 is 5.78 Å². The molecule has 58 valence electrons. The van der Waals surface area contributed by atoms with Gasteiger partial charge in [0.05, 0.1) is 12.6 Å². The Morgan fingerprint density at radius 3 is 2.64 bits per heavy atom. The Morgan fingerprint density at radius 1 is 1.55 bits per heavy atom. The first-order valence-electron chi connectivity index (χ1n) is 5.63. The van der Waals surface area contributed by atoms with Gasteiger partial charge in [-0.05, 0) is 31.1 Å². The Hall–Kier alpha value is -1.31. The third-order valence-electron chi connectivity index (χ3n) is 1.09. The number of hydrogen-bond acceptors (Lipinski definition) is 2. The van der Waals surface area contributed by atoms with Crippen LogP contribution in [0.15, 0.2) is 24.2 Å². The van der Waals surface area contributed by atoms with Gasteiger partial charge < -0.3 is 4.74 Å². The fourth-order valence-corrected chi connectivity index (χ4v) is 0.543. The first kappa shape index (κ1) is 3.39. The average molecular weight is 155 g/mol. The molecule has 0 amide bonds. The fraction of sp³-hybridized carbons (Fsp3) is 0.222. The Labute approximate surface area is 72.8 Å². The molecule has 2 nitrogen and oxygen atoms in total. The minimum atomic E-state index is -0.736. The van der Waals surface area contributed by atoms with Gasteiger partial charge in [-0.25, -0.2) is 0 Å². The lowest BCUT2D eigenvalue weighted by molar-refractivity contribution is 0.101. The van der Waals surface area contributed by atoms with Crippen molar-refractivity contribution in [3.8, 4) is 5.75 Å². The highest BCUT2D eigenvalue weighted by Gasteiger charge is 1.97. The summed E-state index contributed by atoms with van der Waals surface area (Å²) in [6.45, 7) is -0.608. The second-order valence-corrected chi connectivity index (χ2v) is 1.83. The maximum Gasteiger partial charge on any atom is 0.159 e. The molecular formula is C9H10O2. The first-order chi connectivity index (χ1) is 7.45. The molecule has 0 atom stereocenters. The molecule has 0 saturated heterocycles. The van der Waals surface area contributed by atoms with Crippen LogP contribution in [0.4, 0.5) is 0 Å². The quantitative estimate of drug-likeness (QED) is 0.610. The van der Waals surface area contributed by atoms with Crippen molar-refractivity contribution in [3.63, 3.8) is 0 Å². The molecule has 0 N–H and O–H groups in total. The number of ether oxygens (including phenoxy) is 1. The van der Waals surface area contributed by atoms with Crippen molar-refractivity contribution in [1.82, 2.24) is 0 Å². The minimum Gasteiger partial charge on any atom is -0.497 e. The van der Waals surface area contributed by atoms with Gasteiger partial charge in [0.25, 0.3) is 0 Å². The van der Waals surface area contributed by atoms with Crippen LogP contribution in [0.3, 0.4) is 0 Å². The van der Waals surface area contributed by atoms with Gasteiger partial charge in [0.15, 0.2) is 5.78 Å². The summed E-state index contributed by atoms with van der Waals surface area (Å²) in [7, 11) is 1.23. The van der Waals surface area contributed by atoms with Crippen molar-refractivity contribution in [1.29, 1.82) is 0 Å². The van der Waals surface area contributed by atoms with Crippen LogP contribution in [0.5, 0.6) is 5.75 Å². The van der Waals surface area contributed by atoms with E-state index in [2.05, 4.69) is 0 Å². The van der Waals surface area contributed by atoms with E-state index in [1.54, 1.807) is 0 Å². The van der Waals surface area contributed by atoms with Gasteiger partial charge in [-0.2, -0.15) is 0 Å². The van der Waals surface area contributed by atoms with Gasteiger partial charge >= 0.3 is 0 Å². The zero-order chi connectivity index (χ0) is 12.5. The predicted molar refractivity (Wildman–Crippen MR) is 43.0 cm³/mol. The Kier molecular flexibility index (Phi) is 0.984. The summed E-state index contributed by atoms with van der Waals surface area (Å²) in [5.41, 5.74) is -0.356. The van der Waals surface area contributed by atoms with E-state index in [1.165, 1.54) is 7.11 Å². The van der Waals surface area contributed by atoms with Crippen LogP contribution in [-0.2, 0) is 0 Å². The van der Waals surface area contributed by atoms with E-state index in [9.17, 15) is 4.79 Å². The van der Waals surface area contributed by atoms with Crippen molar-refractivity contribution in [2.75, 3.05) is 7.11 Å². The zero-order valence-corrected chi connectivity index (χ0v) is 6.02. The van der Waals surface area contributed by atoms with Gasteiger partial charge in [-0.15, -0.1) is 0 Å². The lowest BCUT2D eigenvalue weighted by atomic mass is 10.1. The third kappa shape index (κ3) is 1.80. The topological polar surface area (TPSA) is 26.3 Å². The lowest BCUT2D eigenvalue weighted by Crippen LogP contribution is -1.91. The smallest absolute Gasteiger partial charge is 0.159 e. The predicted octanol–water partition coefficient (Wildman–Crippen LogP) is 1.90. The largest absolute Gasteiger partial charge is 0.497 e. The van der Waals surface area contributed by atoms with E-state index in [4.69, 9.17) is 11.6 Å². The fourth-order valence-electron chi connectivity index (χ4n) is 0.543. The second-order valence-electron chi connectivity index (χ2n) is 1.83. The highest BCUT2D eigenvalue weighted by atomic mass is 16.5. The molecule has 0 heterocycles. The van der Waals surface area contributed by atoms with E-state index in [0.29, 0.717) is 0 Å². The minimum absolute atomic E-state index is 0.198. The Bertz CT molecular complexity index is 415. The van der Waals surface area contributed by atoms with Gasteiger partial charge in [0.2, 0.25) is 0 Å². The molecule has 0 aromatic heterocycles. The molecule has 0 spiro atoms. The van der Waals surface area contributed by atoms with Crippen molar-refractivity contribution in [2.45, 2.75) is 6.90 Å². The van der Waals surface area contributed by atoms with E-state index < -0.39 is 36.9 Å². The molecular weight excluding hydrogens is 140 g/mol. The molecule has 11 heavy (non-hydrogen) atoms. The van der Waals surface area contributed by atoms with E-state index >= 15 is 0 Å². The monoisotopic (exact) mass is 155 g/mol. The Balaban J connectivity index is 3.60. The van der Waals surface area contributed by atoms with Crippen molar-refractivity contribution < 1.29 is 16.4 Å². The molecule has 1 rings (SSSR count). The molecule has 0 aliphatic rings. The van der Waals surface area contributed by atoms with E-state index in [1.807, 2.05) is 0 Å². The highest BCUT2D eigenvalue weighted by Crippen LogP contribution is 2.11. The molecule has 0 bridgehead atoms. The van der Waals surface area contributed by atoms with Gasteiger partial charge in [-0.3, -0.25) is 4.79 Å². The zero-order valence-electron chi connectivity index (χ0n) is 11.0. The molecule has 0 radical (unpaired) electrons. The lowest BCUT2D eigenvalue weighted by Gasteiger charge is -1.98. The second kappa shape index (κ2) is 3.19. The van der Waals surface area contributed by atoms with Crippen molar-refractivity contribution in [2.24, 2.45) is 0 Å². The summed E-state index contributed by atoms with van der Waals surface area (Å²) >= 11 is 0. The number of benzene rings is 1. The maximum absolute atomic E-state index is 11.3. The third-order valence-corrected chi connectivity index (χ3v) is 1.09. The summed E-state index contributed by atoms with van der Waals surface area (Å²) in [5, 5.41) is 0. The molecule has 0 aliphatic carbocycles. The summed E-state index contributed by atoms with van der Waals surface area (Å²) in [4.78, 5) is 11.3. The normalized spacial score (nSPS) is 15.5. The van der Waals surface area contributed by atoms with E-state index in [-0.39, 0.29) is 11.3 Å². The van der Waals surface area contributed by atoms with Crippen molar-refractivity contribution in [3.05, 3.63) is 29.7 Å². The number of methoxy groups -OCH3 is 1. The standard InChI is InChI=1S/C9H10O2/c1-7(10)8-3-5-9(11-2)6-4-8/h3-6H,1-2H3/i1D,3D,4D,5D,6D. The molecule has 1 aromatic carbocycles. The molecule has 0 unspecified atom stereocenters. The molecule has 0 saturated carbocycles. The average Bonchev–Trinajstić information content (AvgIpc) is 2.27. The maximum atomic E-state index is 11.3. The van der Waals surface area contributed by atoms with E-state index in [0.717, 1.165) is 0 Å². The number of carbonyl (C=O) groups excluding carboxylic acids is 1. The SMILES string of the molecule is [2H]CC(=O)c1c([2H])c([2H])c(OC)c([2H])c1[2H]. The number of Topliss-reactive ketones (excluding diaryl/α,β-unsaturated/α-hetero) is 1. The van der Waals surface area contributed by atoms with Gasteiger partial charge in [0, 0.05) is 6.93 Å². The van der Waals surface area contributed by atoms with Crippen LogP contribution in [0.2, 0.25) is 0 Å². The molecule has 0 fully saturated rings. The summed E-state index contributed by atoms with van der Waals surface area (Å²) in [6, 6.07) is -1.73. The molecule has 2 heteroatoms. The van der Waals surface area contributed by atoms with Gasteiger partial charge in [0.1, 0.15) is 5.75 Å². The summed E-state index contributed by atoms with van der Waals surface area (Å²) < 4.78 is 41.7. The Morgan fingerprint density at radius 2 is 2.18 bits per heavy atom. The van der Waals surface area contributed by atoms with Crippen LogP contribution in [0.1, 0.15) is 24.1 Å². The van der Waals surface area contributed by atoms with Crippen LogP contribution >= 0.6 is 0 Å². The number of hydrogen-bond donors (Lipinski definition) is 0. The van der Waals surface area contributed by atoms with Gasteiger partial charge in [-0.1, -0.05) is 0 Å². The van der Waals surface area contributed by atoms with Crippen LogP contribution < -0.4 is 4.74 Å². The first-order valence-corrected chi connectivity index (χ1v) is 2.92. The van der Waals surface area contributed by atoms with Crippen LogP contribution in [-0.4, -0.2) is 12.9 Å². The summed E-state index contributed by atoms with van der Waals surface area (Å²) in [5.74, 6) is -0.934. The van der Waals surface area contributed by atoms with Crippen LogP contribution in [0.25, 0.3) is 0 Å². The highest BCUT2D eigenvalue weighted by molar-refractivity contribution is 5.94.